The Morgan fingerprint density at radius 2 is 2.00 bits per heavy atom. The van der Waals surface area contributed by atoms with Gasteiger partial charge in [-0.3, -0.25) is 0 Å². The van der Waals surface area contributed by atoms with Crippen LogP contribution in [-0.2, 0) is 22.9 Å². The van der Waals surface area contributed by atoms with Crippen LogP contribution in [0.2, 0.25) is 0 Å². The Morgan fingerprint density at radius 1 is 1.19 bits per heavy atom. The van der Waals surface area contributed by atoms with Gasteiger partial charge in [-0.2, -0.15) is 4.31 Å². The lowest BCUT2D eigenvalue weighted by Gasteiger charge is -2.31. The van der Waals surface area contributed by atoms with Crippen LogP contribution in [0.15, 0.2) is 23.1 Å². The van der Waals surface area contributed by atoms with E-state index in [-0.39, 0.29) is 12.5 Å². The number of sulfonamides is 1. The Kier molecular flexibility index (Phi) is 4.33. The fraction of sp³-hybridized carbons (Fsp3) is 0.625. The third-order valence-corrected chi connectivity index (χ3v) is 6.59. The molecule has 0 radical (unpaired) electrons. The van der Waals surface area contributed by atoms with E-state index in [2.05, 4.69) is 0 Å². The molecule has 2 aliphatic rings. The van der Waals surface area contributed by atoms with E-state index >= 15 is 0 Å². The lowest BCUT2D eigenvalue weighted by molar-refractivity contribution is 0.203. The second-order valence-electron chi connectivity index (χ2n) is 6.17. The van der Waals surface area contributed by atoms with Crippen molar-refractivity contribution in [3.63, 3.8) is 0 Å². The summed E-state index contributed by atoms with van der Waals surface area (Å²) in [5.41, 5.74) is 2.49. The lowest BCUT2D eigenvalue weighted by atomic mass is 9.97. The molecule has 1 saturated heterocycles. The van der Waals surface area contributed by atoms with Crippen molar-refractivity contribution in [1.82, 2.24) is 4.31 Å². The van der Waals surface area contributed by atoms with Crippen LogP contribution in [-0.4, -0.2) is 37.5 Å². The Bertz CT molecular complexity index is 610. The van der Waals surface area contributed by atoms with Crippen molar-refractivity contribution in [3.8, 4) is 0 Å². The van der Waals surface area contributed by atoms with Gasteiger partial charge in [-0.1, -0.05) is 6.07 Å². The monoisotopic (exact) mass is 309 g/mol. The Morgan fingerprint density at radius 3 is 2.81 bits per heavy atom. The van der Waals surface area contributed by atoms with Crippen LogP contribution in [0.3, 0.4) is 0 Å². The molecule has 1 unspecified atom stereocenters. The molecular formula is C16H23NO3S. The maximum Gasteiger partial charge on any atom is 0.243 e. The van der Waals surface area contributed by atoms with Crippen molar-refractivity contribution in [2.24, 2.45) is 5.92 Å². The zero-order valence-corrected chi connectivity index (χ0v) is 13.1. The molecule has 4 nitrogen and oxygen atoms in total. The SMILES string of the molecule is O=S(=O)(c1ccc2c(c1)CCC2)N1CCCC(CCO)C1. The van der Waals surface area contributed by atoms with Crippen LogP contribution < -0.4 is 0 Å². The first-order valence-corrected chi connectivity index (χ1v) is 9.28. The summed E-state index contributed by atoms with van der Waals surface area (Å²) in [6.45, 7) is 1.28. The molecule has 1 aromatic carbocycles. The minimum atomic E-state index is -3.38. The number of benzene rings is 1. The first-order valence-electron chi connectivity index (χ1n) is 7.84. The highest BCUT2D eigenvalue weighted by molar-refractivity contribution is 7.89. The molecule has 0 spiro atoms. The van der Waals surface area contributed by atoms with Gasteiger partial charge < -0.3 is 5.11 Å². The van der Waals surface area contributed by atoms with Crippen molar-refractivity contribution in [2.45, 2.75) is 43.4 Å². The molecule has 3 rings (SSSR count). The van der Waals surface area contributed by atoms with Crippen LogP contribution in [0.25, 0.3) is 0 Å². The minimum Gasteiger partial charge on any atom is -0.396 e. The molecule has 0 saturated carbocycles. The molecule has 1 N–H and O–H groups in total. The van der Waals surface area contributed by atoms with E-state index in [4.69, 9.17) is 5.11 Å². The molecule has 1 aliphatic heterocycles. The first-order chi connectivity index (χ1) is 10.1. The quantitative estimate of drug-likeness (QED) is 0.925. The molecule has 0 aromatic heterocycles. The molecule has 1 atom stereocenters. The van der Waals surface area contributed by atoms with Crippen LogP contribution in [0, 0.1) is 5.92 Å². The molecule has 1 fully saturated rings. The molecule has 0 bridgehead atoms. The van der Waals surface area contributed by atoms with Crippen LogP contribution in [0.5, 0.6) is 0 Å². The average Bonchev–Trinajstić information content (AvgIpc) is 2.95. The Labute approximate surface area is 126 Å². The summed E-state index contributed by atoms with van der Waals surface area (Å²) >= 11 is 0. The summed E-state index contributed by atoms with van der Waals surface area (Å²) in [5, 5.41) is 9.06. The third-order valence-electron chi connectivity index (χ3n) is 4.73. The van der Waals surface area contributed by atoms with Gasteiger partial charge in [-0.15, -0.1) is 0 Å². The molecule has 1 heterocycles. The average molecular weight is 309 g/mol. The number of aryl methyl sites for hydroxylation is 2. The number of nitrogens with zero attached hydrogens (tertiary/aromatic N) is 1. The summed E-state index contributed by atoms with van der Waals surface area (Å²) in [7, 11) is -3.38. The minimum absolute atomic E-state index is 0.136. The number of aliphatic hydroxyl groups excluding tert-OH is 1. The molecule has 1 aliphatic carbocycles. The van der Waals surface area contributed by atoms with E-state index in [0.29, 0.717) is 24.4 Å². The number of piperidine rings is 1. The topological polar surface area (TPSA) is 57.6 Å². The highest BCUT2D eigenvalue weighted by Crippen LogP contribution is 2.29. The Balaban J connectivity index is 1.83. The van der Waals surface area contributed by atoms with E-state index in [9.17, 15) is 8.42 Å². The normalized spacial score (nSPS) is 23.2. The smallest absolute Gasteiger partial charge is 0.243 e. The van der Waals surface area contributed by atoms with Crippen molar-refractivity contribution in [2.75, 3.05) is 19.7 Å². The van der Waals surface area contributed by atoms with Gasteiger partial charge in [-0.05, 0) is 67.7 Å². The molecular weight excluding hydrogens is 286 g/mol. The van der Waals surface area contributed by atoms with Crippen LogP contribution in [0.1, 0.15) is 36.8 Å². The number of hydrogen-bond acceptors (Lipinski definition) is 3. The maximum atomic E-state index is 12.8. The molecule has 116 valence electrons. The summed E-state index contributed by atoms with van der Waals surface area (Å²) in [4.78, 5) is 0.438. The third kappa shape index (κ3) is 3.00. The van der Waals surface area contributed by atoms with Gasteiger partial charge in [0.2, 0.25) is 10.0 Å². The van der Waals surface area contributed by atoms with E-state index < -0.39 is 10.0 Å². The van der Waals surface area contributed by atoms with Gasteiger partial charge in [0, 0.05) is 19.7 Å². The maximum absolute atomic E-state index is 12.8. The van der Waals surface area contributed by atoms with Crippen molar-refractivity contribution >= 4 is 10.0 Å². The second-order valence-corrected chi connectivity index (χ2v) is 8.11. The second kappa shape index (κ2) is 6.07. The van der Waals surface area contributed by atoms with Crippen molar-refractivity contribution in [3.05, 3.63) is 29.3 Å². The zero-order chi connectivity index (χ0) is 14.9. The van der Waals surface area contributed by atoms with E-state index in [0.717, 1.165) is 32.1 Å². The Hall–Kier alpha value is -0.910. The fourth-order valence-electron chi connectivity index (χ4n) is 3.52. The number of rotatable bonds is 4. The number of hydrogen-bond donors (Lipinski definition) is 1. The molecule has 0 amide bonds. The predicted octanol–water partition coefficient (Wildman–Crippen LogP) is 1.96. The van der Waals surface area contributed by atoms with Gasteiger partial charge in [0.25, 0.3) is 0 Å². The zero-order valence-electron chi connectivity index (χ0n) is 12.3. The van der Waals surface area contributed by atoms with Crippen molar-refractivity contribution < 1.29 is 13.5 Å². The highest BCUT2D eigenvalue weighted by atomic mass is 32.2. The molecule has 5 heteroatoms. The lowest BCUT2D eigenvalue weighted by Crippen LogP contribution is -2.40. The predicted molar refractivity (Wildman–Crippen MR) is 81.7 cm³/mol. The highest BCUT2D eigenvalue weighted by Gasteiger charge is 2.30. The van der Waals surface area contributed by atoms with Gasteiger partial charge in [-0.25, -0.2) is 8.42 Å². The summed E-state index contributed by atoms with van der Waals surface area (Å²) in [5.74, 6) is 0.285. The summed E-state index contributed by atoms with van der Waals surface area (Å²) in [6.07, 6.45) is 5.77. The van der Waals surface area contributed by atoms with Crippen LogP contribution in [0.4, 0.5) is 0 Å². The fourth-order valence-corrected chi connectivity index (χ4v) is 5.13. The first kappa shape index (κ1) is 15.0. The number of aliphatic hydroxyl groups is 1. The van der Waals surface area contributed by atoms with E-state index in [1.54, 1.807) is 10.4 Å². The molecule has 21 heavy (non-hydrogen) atoms. The van der Waals surface area contributed by atoms with Crippen molar-refractivity contribution in [1.29, 1.82) is 0 Å². The molecule has 1 aromatic rings. The summed E-state index contributed by atoms with van der Waals surface area (Å²) < 4.78 is 27.2. The summed E-state index contributed by atoms with van der Waals surface area (Å²) in [6, 6.07) is 5.60. The van der Waals surface area contributed by atoms with Gasteiger partial charge >= 0.3 is 0 Å². The van der Waals surface area contributed by atoms with Gasteiger partial charge in [0.15, 0.2) is 0 Å². The van der Waals surface area contributed by atoms with Gasteiger partial charge in [0.1, 0.15) is 0 Å². The van der Waals surface area contributed by atoms with E-state index in [1.807, 2.05) is 12.1 Å². The number of fused-ring (bicyclic) bond motifs is 1. The standard InChI is InChI=1S/C16H23NO3S/c18-10-8-13-3-2-9-17(12-13)21(19,20)16-7-6-14-4-1-5-15(14)11-16/h6-7,11,13,18H,1-5,8-10,12H2. The van der Waals surface area contributed by atoms with Crippen LogP contribution >= 0.6 is 0 Å². The van der Waals surface area contributed by atoms with E-state index in [1.165, 1.54) is 11.1 Å². The largest absolute Gasteiger partial charge is 0.396 e. The van der Waals surface area contributed by atoms with Gasteiger partial charge in [0.05, 0.1) is 4.90 Å².